The third-order valence-corrected chi connectivity index (χ3v) is 2.43. The third-order valence-electron chi connectivity index (χ3n) is 2.43. The molecule has 0 aliphatic heterocycles. The first-order valence-corrected chi connectivity index (χ1v) is 5.87. The number of nitrogens with one attached hydrogen (secondary N) is 1. The molecular weight excluding hydrogens is 212 g/mol. The molecular formula is C14H18N2O. The van der Waals surface area contributed by atoms with E-state index < -0.39 is 0 Å². The second-order valence-corrected chi connectivity index (χ2v) is 4.51. The number of hydrogen-bond acceptors (Lipinski definition) is 2. The molecule has 0 heterocycles. The van der Waals surface area contributed by atoms with Gasteiger partial charge in [-0.25, -0.2) is 0 Å². The average molecular weight is 230 g/mol. The molecule has 1 aromatic rings. The summed E-state index contributed by atoms with van der Waals surface area (Å²) in [4.78, 5) is 11.5. The van der Waals surface area contributed by atoms with Gasteiger partial charge in [-0.1, -0.05) is 26.0 Å². The number of rotatable bonds is 5. The van der Waals surface area contributed by atoms with Crippen LogP contribution in [-0.2, 0) is 11.2 Å². The molecule has 0 aliphatic rings. The van der Waals surface area contributed by atoms with E-state index in [9.17, 15) is 4.79 Å². The fourth-order valence-corrected chi connectivity index (χ4v) is 1.41. The van der Waals surface area contributed by atoms with Crippen molar-refractivity contribution in [1.82, 2.24) is 5.32 Å². The van der Waals surface area contributed by atoms with Crippen molar-refractivity contribution in [1.29, 1.82) is 5.26 Å². The molecule has 3 nitrogen and oxygen atoms in total. The Bertz CT molecular complexity index is 401. The molecule has 1 N–H and O–H groups in total. The molecule has 0 saturated heterocycles. The van der Waals surface area contributed by atoms with Gasteiger partial charge in [-0.2, -0.15) is 5.26 Å². The van der Waals surface area contributed by atoms with Gasteiger partial charge in [-0.05, 0) is 30.0 Å². The maximum atomic E-state index is 11.5. The Morgan fingerprint density at radius 2 is 2.00 bits per heavy atom. The second-order valence-electron chi connectivity index (χ2n) is 4.51. The number of amides is 1. The van der Waals surface area contributed by atoms with Crippen LogP contribution in [0.15, 0.2) is 24.3 Å². The highest BCUT2D eigenvalue weighted by Gasteiger charge is 2.03. The highest BCUT2D eigenvalue weighted by Crippen LogP contribution is 2.05. The van der Waals surface area contributed by atoms with Crippen LogP contribution in [-0.4, -0.2) is 12.5 Å². The van der Waals surface area contributed by atoms with Crippen LogP contribution in [0.5, 0.6) is 0 Å². The molecule has 0 aliphatic carbocycles. The maximum absolute atomic E-state index is 11.5. The summed E-state index contributed by atoms with van der Waals surface area (Å²) in [6.45, 7) is 4.87. The number of nitrogens with zero attached hydrogens (tertiary/aromatic N) is 1. The van der Waals surface area contributed by atoms with Crippen LogP contribution in [0.3, 0.4) is 0 Å². The van der Waals surface area contributed by atoms with Crippen molar-refractivity contribution in [2.75, 3.05) is 6.54 Å². The lowest BCUT2D eigenvalue weighted by molar-refractivity contribution is -0.121. The molecule has 1 aromatic carbocycles. The first-order valence-electron chi connectivity index (χ1n) is 5.87. The van der Waals surface area contributed by atoms with E-state index in [1.165, 1.54) is 0 Å². The van der Waals surface area contributed by atoms with Crippen molar-refractivity contribution in [3.05, 3.63) is 35.4 Å². The van der Waals surface area contributed by atoms with Gasteiger partial charge in [0.25, 0.3) is 0 Å². The van der Waals surface area contributed by atoms with E-state index in [4.69, 9.17) is 5.26 Å². The molecule has 0 spiro atoms. The SMILES string of the molecule is CC(C)CNC(=O)CCc1ccc(C#N)cc1. The molecule has 17 heavy (non-hydrogen) atoms. The number of carbonyl (C=O) groups is 1. The van der Waals surface area contributed by atoms with Crippen LogP contribution in [0.25, 0.3) is 0 Å². The standard InChI is InChI=1S/C14H18N2O/c1-11(2)10-16-14(17)8-7-12-3-5-13(9-15)6-4-12/h3-6,11H,7-8,10H2,1-2H3,(H,16,17). The zero-order valence-corrected chi connectivity index (χ0v) is 10.4. The first-order chi connectivity index (χ1) is 8.11. The Morgan fingerprint density at radius 3 is 2.53 bits per heavy atom. The minimum atomic E-state index is 0.0862. The third kappa shape index (κ3) is 5.17. The number of carbonyl (C=O) groups excluding carboxylic acids is 1. The lowest BCUT2D eigenvalue weighted by atomic mass is 10.1. The van der Waals surface area contributed by atoms with Crippen LogP contribution in [0.4, 0.5) is 0 Å². The number of aryl methyl sites for hydroxylation is 1. The van der Waals surface area contributed by atoms with Crippen LogP contribution in [0.1, 0.15) is 31.4 Å². The number of hydrogen-bond donors (Lipinski definition) is 1. The Labute approximate surface area is 102 Å². The van der Waals surface area contributed by atoms with Crippen molar-refractivity contribution in [2.24, 2.45) is 5.92 Å². The summed E-state index contributed by atoms with van der Waals surface area (Å²) in [6, 6.07) is 9.42. The van der Waals surface area contributed by atoms with Gasteiger partial charge in [0.15, 0.2) is 0 Å². The summed E-state index contributed by atoms with van der Waals surface area (Å²) in [7, 11) is 0. The molecule has 0 saturated carbocycles. The largest absolute Gasteiger partial charge is 0.356 e. The van der Waals surface area contributed by atoms with Gasteiger partial charge in [0.2, 0.25) is 5.91 Å². The van der Waals surface area contributed by atoms with Gasteiger partial charge >= 0.3 is 0 Å². The highest BCUT2D eigenvalue weighted by molar-refractivity contribution is 5.76. The van der Waals surface area contributed by atoms with Crippen molar-refractivity contribution >= 4 is 5.91 Å². The average Bonchev–Trinajstić information content (AvgIpc) is 2.34. The molecule has 1 amide bonds. The van der Waals surface area contributed by atoms with E-state index in [0.29, 0.717) is 17.9 Å². The number of benzene rings is 1. The Hall–Kier alpha value is -1.82. The van der Waals surface area contributed by atoms with Gasteiger partial charge in [-0.15, -0.1) is 0 Å². The van der Waals surface area contributed by atoms with E-state index in [1.54, 1.807) is 12.1 Å². The summed E-state index contributed by atoms with van der Waals surface area (Å²) in [5, 5.41) is 11.5. The molecule has 0 bridgehead atoms. The van der Waals surface area contributed by atoms with E-state index in [2.05, 4.69) is 25.2 Å². The zero-order chi connectivity index (χ0) is 12.7. The lowest BCUT2D eigenvalue weighted by Crippen LogP contribution is -2.27. The van der Waals surface area contributed by atoms with E-state index in [1.807, 2.05) is 12.1 Å². The van der Waals surface area contributed by atoms with Gasteiger partial charge in [0.05, 0.1) is 11.6 Å². The summed E-state index contributed by atoms with van der Waals surface area (Å²) < 4.78 is 0. The predicted molar refractivity (Wildman–Crippen MR) is 67.3 cm³/mol. The Morgan fingerprint density at radius 1 is 1.35 bits per heavy atom. The van der Waals surface area contributed by atoms with Gasteiger partial charge in [0, 0.05) is 13.0 Å². The second kappa shape index (κ2) is 6.70. The molecule has 0 aromatic heterocycles. The summed E-state index contributed by atoms with van der Waals surface area (Å²) in [5.41, 5.74) is 1.74. The van der Waals surface area contributed by atoms with Crippen LogP contribution >= 0.6 is 0 Å². The topological polar surface area (TPSA) is 52.9 Å². The summed E-state index contributed by atoms with van der Waals surface area (Å²) in [5.74, 6) is 0.567. The fourth-order valence-electron chi connectivity index (χ4n) is 1.41. The van der Waals surface area contributed by atoms with Crippen LogP contribution in [0, 0.1) is 17.2 Å². The summed E-state index contributed by atoms with van der Waals surface area (Å²) >= 11 is 0. The minimum absolute atomic E-state index is 0.0862. The van der Waals surface area contributed by atoms with E-state index >= 15 is 0 Å². The smallest absolute Gasteiger partial charge is 0.220 e. The van der Waals surface area contributed by atoms with E-state index in [0.717, 1.165) is 18.5 Å². The van der Waals surface area contributed by atoms with Gasteiger partial charge in [-0.3, -0.25) is 4.79 Å². The van der Waals surface area contributed by atoms with Crippen LogP contribution in [0.2, 0.25) is 0 Å². The quantitative estimate of drug-likeness (QED) is 0.843. The van der Waals surface area contributed by atoms with Gasteiger partial charge < -0.3 is 5.32 Å². The molecule has 0 unspecified atom stereocenters. The predicted octanol–water partition coefficient (Wildman–Crippen LogP) is 2.26. The van der Waals surface area contributed by atoms with Crippen molar-refractivity contribution in [2.45, 2.75) is 26.7 Å². The number of nitriles is 1. The lowest BCUT2D eigenvalue weighted by Gasteiger charge is -2.07. The zero-order valence-electron chi connectivity index (χ0n) is 10.4. The first kappa shape index (κ1) is 13.2. The molecule has 1 rings (SSSR count). The molecule has 0 radical (unpaired) electrons. The molecule has 0 atom stereocenters. The van der Waals surface area contributed by atoms with Crippen molar-refractivity contribution < 1.29 is 4.79 Å². The normalized spacial score (nSPS) is 10.0. The Kier molecular flexibility index (Phi) is 5.22. The minimum Gasteiger partial charge on any atom is -0.356 e. The van der Waals surface area contributed by atoms with Gasteiger partial charge in [0.1, 0.15) is 0 Å². The fraction of sp³-hybridized carbons (Fsp3) is 0.429. The summed E-state index contributed by atoms with van der Waals surface area (Å²) in [6.07, 6.45) is 1.22. The molecule has 90 valence electrons. The maximum Gasteiger partial charge on any atom is 0.220 e. The molecule has 0 fully saturated rings. The highest BCUT2D eigenvalue weighted by atomic mass is 16.1. The van der Waals surface area contributed by atoms with Crippen molar-refractivity contribution in [3.8, 4) is 6.07 Å². The molecule has 3 heteroatoms. The van der Waals surface area contributed by atoms with Crippen LogP contribution < -0.4 is 5.32 Å². The van der Waals surface area contributed by atoms with E-state index in [-0.39, 0.29) is 5.91 Å². The van der Waals surface area contributed by atoms with Crippen molar-refractivity contribution in [3.63, 3.8) is 0 Å². The Balaban J connectivity index is 2.35. The monoisotopic (exact) mass is 230 g/mol.